The molecule has 1 amide bonds. The monoisotopic (exact) mass is 357 g/mol. The summed E-state index contributed by atoms with van der Waals surface area (Å²) in [6.45, 7) is 0.508. The molecule has 0 saturated carbocycles. The number of rotatable bonds is 6. The van der Waals surface area contributed by atoms with E-state index in [2.05, 4.69) is 10.4 Å². The molecule has 0 aliphatic heterocycles. The minimum absolute atomic E-state index is 0.145. The molecule has 1 N–H and O–H groups in total. The van der Waals surface area contributed by atoms with E-state index in [0.717, 1.165) is 5.56 Å². The minimum atomic E-state index is -0.260. The quantitative estimate of drug-likeness (QED) is 0.736. The zero-order valence-electron chi connectivity index (χ0n) is 13.3. The summed E-state index contributed by atoms with van der Waals surface area (Å²) >= 11 is 5.99. The van der Waals surface area contributed by atoms with E-state index in [-0.39, 0.29) is 24.4 Å². The largest absolute Gasteiger partial charge is 0.467 e. The van der Waals surface area contributed by atoms with Crippen LogP contribution >= 0.6 is 11.6 Å². The topological polar surface area (TPSA) is 77.1 Å². The molecule has 0 saturated heterocycles. The molecule has 25 heavy (non-hydrogen) atoms. The zero-order chi connectivity index (χ0) is 17.6. The molecule has 2 aromatic heterocycles. The van der Waals surface area contributed by atoms with Crippen LogP contribution in [0.4, 0.5) is 0 Å². The Morgan fingerprint density at radius 3 is 2.84 bits per heavy atom. The number of carbonyl (C=O) groups is 1. The van der Waals surface area contributed by atoms with Crippen LogP contribution in [0.3, 0.4) is 0 Å². The molecule has 128 valence electrons. The molecule has 0 aliphatic carbocycles. The number of hydrogen-bond acceptors (Lipinski definition) is 4. The van der Waals surface area contributed by atoms with Crippen LogP contribution in [-0.2, 0) is 17.9 Å². The maximum atomic E-state index is 12.0. The van der Waals surface area contributed by atoms with E-state index >= 15 is 0 Å². The summed E-state index contributed by atoms with van der Waals surface area (Å²) in [7, 11) is 0. The first-order chi connectivity index (χ1) is 12.1. The van der Waals surface area contributed by atoms with Crippen molar-refractivity contribution in [1.82, 2.24) is 15.1 Å². The van der Waals surface area contributed by atoms with Gasteiger partial charge in [-0.2, -0.15) is 5.10 Å². The number of nitrogens with zero attached hydrogens (tertiary/aromatic N) is 2. The highest BCUT2D eigenvalue weighted by Crippen LogP contribution is 2.19. The smallest absolute Gasteiger partial charge is 0.266 e. The van der Waals surface area contributed by atoms with Gasteiger partial charge in [0, 0.05) is 23.1 Å². The number of benzene rings is 1. The molecule has 2 heterocycles. The molecule has 0 spiro atoms. The third kappa shape index (κ3) is 4.58. The summed E-state index contributed by atoms with van der Waals surface area (Å²) in [5.41, 5.74) is 1.17. The fourth-order valence-electron chi connectivity index (χ4n) is 2.31. The lowest BCUT2D eigenvalue weighted by Gasteiger charge is -2.08. The lowest BCUT2D eigenvalue weighted by atomic mass is 10.1. The molecule has 0 bridgehead atoms. The number of carbonyl (C=O) groups excluding carboxylic acids is 1. The average molecular weight is 358 g/mol. The summed E-state index contributed by atoms with van der Waals surface area (Å²) in [6, 6.07) is 13.8. The Bertz CT molecular complexity index is 919. The summed E-state index contributed by atoms with van der Waals surface area (Å²) in [6.07, 6.45) is 1.69. The van der Waals surface area contributed by atoms with Gasteiger partial charge in [0.1, 0.15) is 5.76 Å². The maximum absolute atomic E-state index is 12.0. The molecule has 0 radical (unpaired) electrons. The number of aryl methyl sites for hydroxylation is 1. The lowest BCUT2D eigenvalue weighted by molar-refractivity contribution is -0.121. The molecule has 0 aliphatic rings. The predicted octanol–water partition coefficient (Wildman–Crippen LogP) is 2.86. The highest BCUT2D eigenvalue weighted by Gasteiger charge is 2.07. The molecule has 6 nitrogen and oxygen atoms in total. The van der Waals surface area contributed by atoms with Gasteiger partial charge < -0.3 is 9.73 Å². The van der Waals surface area contributed by atoms with Gasteiger partial charge in [-0.3, -0.25) is 9.59 Å². The van der Waals surface area contributed by atoms with Crippen molar-refractivity contribution in [3.8, 4) is 11.3 Å². The van der Waals surface area contributed by atoms with E-state index in [1.807, 2.05) is 12.1 Å². The van der Waals surface area contributed by atoms with Gasteiger partial charge in [0.05, 0.1) is 25.0 Å². The zero-order valence-corrected chi connectivity index (χ0v) is 14.1. The number of halogens is 1. The van der Waals surface area contributed by atoms with Crippen LogP contribution in [0.5, 0.6) is 0 Å². The highest BCUT2D eigenvalue weighted by molar-refractivity contribution is 6.30. The third-order valence-electron chi connectivity index (χ3n) is 3.58. The molecule has 7 heteroatoms. The predicted molar refractivity (Wildman–Crippen MR) is 94.1 cm³/mol. The number of furan rings is 1. The summed E-state index contributed by atoms with van der Waals surface area (Å²) < 4.78 is 6.43. The van der Waals surface area contributed by atoms with E-state index in [1.54, 1.807) is 36.6 Å². The molecule has 0 fully saturated rings. The second-order valence-corrected chi connectivity index (χ2v) is 5.83. The second-order valence-electron chi connectivity index (χ2n) is 5.40. The highest BCUT2D eigenvalue weighted by atomic mass is 35.5. The minimum Gasteiger partial charge on any atom is -0.467 e. The van der Waals surface area contributed by atoms with Crippen molar-refractivity contribution in [3.63, 3.8) is 0 Å². The fraction of sp³-hybridized carbons (Fsp3) is 0.167. The Labute approximate surface area is 149 Å². The fourth-order valence-corrected chi connectivity index (χ4v) is 2.50. The van der Waals surface area contributed by atoms with Crippen LogP contribution in [0.15, 0.2) is 64.0 Å². The Balaban J connectivity index is 1.65. The molecule has 0 unspecified atom stereocenters. The van der Waals surface area contributed by atoms with Gasteiger partial charge in [-0.25, -0.2) is 4.68 Å². The van der Waals surface area contributed by atoms with Crippen molar-refractivity contribution in [2.45, 2.75) is 19.5 Å². The second kappa shape index (κ2) is 7.81. The Morgan fingerprint density at radius 1 is 1.20 bits per heavy atom. The van der Waals surface area contributed by atoms with Gasteiger partial charge >= 0.3 is 0 Å². The van der Waals surface area contributed by atoms with Crippen molar-refractivity contribution in [1.29, 1.82) is 0 Å². The first-order valence-electron chi connectivity index (χ1n) is 7.75. The SMILES string of the molecule is O=C(CCn1nc(-c2cccc(Cl)c2)ccc1=O)NCc1ccco1. The van der Waals surface area contributed by atoms with E-state index < -0.39 is 0 Å². The van der Waals surface area contributed by atoms with E-state index in [9.17, 15) is 9.59 Å². The van der Waals surface area contributed by atoms with Crippen LogP contribution in [-0.4, -0.2) is 15.7 Å². The first kappa shape index (κ1) is 17.0. The van der Waals surface area contributed by atoms with Crippen molar-refractivity contribution in [2.24, 2.45) is 0 Å². The Kier molecular flexibility index (Phi) is 5.30. The van der Waals surface area contributed by atoms with Crippen LogP contribution < -0.4 is 10.9 Å². The van der Waals surface area contributed by atoms with Crippen molar-refractivity contribution < 1.29 is 9.21 Å². The van der Waals surface area contributed by atoms with E-state index in [0.29, 0.717) is 23.0 Å². The average Bonchev–Trinajstić information content (AvgIpc) is 3.13. The summed E-state index contributed by atoms with van der Waals surface area (Å²) in [5.74, 6) is 0.491. The maximum Gasteiger partial charge on any atom is 0.266 e. The van der Waals surface area contributed by atoms with Gasteiger partial charge in [-0.05, 0) is 30.3 Å². The van der Waals surface area contributed by atoms with Crippen molar-refractivity contribution in [2.75, 3.05) is 0 Å². The van der Waals surface area contributed by atoms with Crippen LogP contribution in [0.1, 0.15) is 12.2 Å². The molecular weight excluding hydrogens is 342 g/mol. The van der Waals surface area contributed by atoms with E-state index in [1.165, 1.54) is 10.7 Å². The standard InChI is InChI=1S/C18H16ClN3O3/c19-14-4-1-3-13(11-14)16-6-7-18(24)22(21-16)9-8-17(23)20-12-15-5-2-10-25-15/h1-7,10-11H,8-9,12H2,(H,20,23). The molecule has 3 rings (SSSR count). The van der Waals surface area contributed by atoms with Gasteiger partial charge in [0.25, 0.3) is 5.56 Å². The molecular formula is C18H16ClN3O3. The van der Waals surface area contributed by atoms with Crippen molar-refractivity contribution >= 4 is 17.5 Å². The van der Waals surface area contributed by atoms with Crippen LogP contribution in [0, 0.1) is 0 Å². The number of hydrogen-bond donors (Lipinski definition) is 1. The van der Waals surface area contributed by atoms with Gasteiger partial charge in [-0.15, -0.1) is 0 Å². The molecule has 1 aromatic carbocycles. The number of aromatic nitrogens is 2. The first-order valence-corrected chi connectivity index (χ1v) is 8.13. The van der Waals surface area contributed by atoms with Gasteiger partial charge in [0.2, 0.25) is 5.91 Å². The third-order valence-corrected chi connectivity index (χ3v) is 3.81. The normalized spacial score (nSPS) is 10.6. The number of amides is 1. The summed E-state index contributed by atoms with van der Waals surface area (Å²) in [4.78, 5) is 23.9. The Hall–Kier alpha value is -2.86. The Morgan fingerprint density at radius 2 is 2.08 bits per heavy atom. The molecule has 0 atom stereocenters. The van der Waals surface area contributed by atoms with Crippen molar-refractivity contribution in [3.05, 3.63) is 75.9 Å². The van der Waals surface area contributed by atoms with Crippen LogP contribution in [0.25, 0.3) is 11.3 Å². The molecule has 3 aromatic rings. The lowest BCUT2D eigenvalue weighted by Crippen LogP contribution is -2.28. The van der Waals surface area contributed by atoms with Gasteiger partial charge in [-0.1, -0.05) is 23.7 Å². The summed E-state index contributed by atoms with van der Waals surface area (Å²) in [5, 5.41) is 7.64. The van der Waals surface area contributed by atoms with Gasteiger partial charge in [0.15, 0.2) is 0 Å². The van der Waals surface area contributed by atoms with E-state index in [4.69, 9.17) is 16.0 Å². The van der Waals surface area contributed by atoms with Crippen LogP contribution in [0.2, 0.25) is 5.02 Å². The number of nitrogens with one attached hydrogen (secondary N) is 1.